The molecule has 1 atom stereocenters. The predicted octanol–water partition coefficient (Wildman–Crippen LogP) is 1.27. The average Bonchev–Trinajstić information content (AvgIpc) is 2.38. The second kappa shape index (κ2) is 5.96. The number of benzene rings is 1. The zero-order valence-electron chi connectivity index (χ0n) is 11.7. The number of nitrogens with two attached hydrogens (primary N) is 1. The van der Waals surface area contributed by atoms with E-state index in [-0.39, 0.29) is 6.61 Å². The maximum Gasteiger partial charge on any atom is 0.244 e. The SMILES string of the molecule is CC1(NS(=O)(=O)c2ccc(F)c(CN)c2F)CCCOC1. The van der Waals surface area contributed by atoms with Gasteiger partial charge in [0.15, 0.2) is 5.82 Å². The second-order valence-electron chi connectivity index (χ2n) is 5.36. The van der Waals surface area contributed by atoms with Crippen LogP contribution in [0.4, 0.5) is 8.78 Å². The van der Waals surface area contributed by atoms with Crippen LogP contribution in [0.5, 0.6) is 0 Å². The van der Waals surface area contributed by atoms with Gasteiger partial charge < -0.3 is 10.5 Å². The van der Waals surface area contributed by atoms with Gasteiger partial charge in [-0.3, -0.25) is 0 Å². The molecule has 1 aromatic carbocycles. The van der Waals surface area contributed by atoms with Crippen LogP contribution in [0.2, 0.25) is 0 Å². The van der Waals surface area contributed by atoms with Gasteiger partial charge in [0.05, 0.1) is 12.1 Å². The summed E-state index contributed by atoms with van der Waals surface area (Å²) in [5.74, 6) is -2.01. The van der Waals surface area contributed by atoms with Gasteiger partial charge >= 0.3 is 0 Å². The molecule has 1 aliphatic rings. The molecule has 0 saturated carbocycles. The van der Waals surface area contributed by atoms with Crippen LogP contribution in [0.25, 0.3) is 0 Å². The van der Waals surface area contributed by atoms with Gasteiger partial charge in [0.1, 0.15) is 10.7 Å². The molecule has 1 aliphatic heterocycles. The first-order valence-electron chi connectivity index (χ1n) is 6.58. The Balaban J connectivity index is 2.36. The molecule has 0 amide bonds. The van der Waals surface area contributed by atoms with E-state index < -0.39 is 44.2 Å². The van der Waals surface area contributed by atoms with Crippen molar-refractivity contribution in [3.8, 4) is 0 Å². The fourth-order valence-corrected chi connectivity index (χ4v) is 3.89. The first kappa shape index (κ1) is 16.3. The van der Waals surface area contributed by atoms with Gasteiger partial charge in [-0.2, -0.15) is 0 Å². The number of rotatable bonds is 4. The second-order valence-corrected chi connectivity index (χ2v) is 7.02. The van der Waals surface area contributed by atoms with E-state index >= 15 is 0 Å². The van der Waals surface area contributed by atoms with Crippen LogP contribution >= 0.6 is 0 Å². The molecule has 8 heteroatoms. The minimum atomic E-state index is -4.13. The predicted molar refractivity (Wildman–Crippen MR) is 73.0 cm³/mol. The van der Waals surface area contributed by atoms with E-state index in [0.717, 1.165) is 12.1 Å². The molecule has 0 aliphatic carbocycles. The molecule has 1 fully saturated rings. The molecule has 1 heterocycles. The summed E-state index contributed by atoms with van der Waals surface area (Å²) in [6.07, 6.45) is 1.29. The van der Waals surface area contributed by atoms with Crippen LogP contribution in [0, 0.1) is 11.6 Å². The lowest BCUT2D eigenvalue weighted by atomic mass is 9.97. The first-order chi connectivity index (χ1) is 9.79. The van der Waals surface area contributed by atoms with Crippen molar-refractivity contribution in [2.24, 2.45) is 5.73 Å². The van der Waals surface area contributed by atoms with Gasteiger partial charge in [0.25, 0.3) is 0 Å². The monoisotopic (exact) mass is 320 g/mol. The van der Waals surface area contributed by atoms with Gasteiger partial charge in [-0.1, -0.05) is 0 Å². The van der Waals surface area contributed by atoms with Gasteiger partial charge in [-0.05, 0) is 31.9 Å². The number of nitrogens with one attached hydrogen (secondary N) is 1. The Morgan fingerprint density at radius 1 is 1.43 bits per heavy atom. The highest BCUT2D eigenvalue weighted by Gasteiger charge is 2.34. The summed E-state index contributed by atoms with van der Waals surface area (Å²) < 4.78 is 59.9. The fraction of sp³-hybridized carbons (Fsp3) is 0.538. The van der Waals surface area contributed by atoms with E-state index in [2.05, 4.69) is 4.72 Å². The van der Waals surface area contributed by atoms with Crippen molar-refractivity contribution in [2.75, 3.05) is 13.2 Å². The van der Waals surface area contributed by atoms with E-state index in [0.29, 0.717) is 19.4 Å². The van der Waals surface area contributed by atoms with Crippen molar-refractivity contribution in [3.05, 3.63) is 29.3 Å². The van der Waals surface area contributed by atoms with Crippen molar-refractivity contribution in [1.82, 2.24) is 4.72 Å². The van der Waals surface area contributed by atoms with Crippen LogP contribution < -0.4 is 10.5 Å². The maximum absolute atomic E-state index is 14.1. The van der Waals surface area contributed by atoms with Gasteiger partial charge in [0, 0.05) is 18.7 Å². The van der Waals surface area contributed by atoms with Crippen LogP contribution in [0.15, 0.2) is 17.0 Å². The maximum atomic E-state index is 14.1. The van der Waals surface area contributed by atoms with E-state index in [4.69, 9.17) is 10.5 Å². The van der Waals surface area contributed by atoms with E-state index in [9.17, 15) is 17.2 Å². The zero-order valence-corrected chi connectivity index (χ0v) is 12.5. The molecule has 1 aromatic rings. The molecule has 3 N–H and O–H groups in total. The summed E-state index contributed by atoms with van der Waals surface area (Å²) in [5.41, 5.74) is 4.01. The van der Waals surface area contributed by atoms with Crippen molar-refractivity contribution in [2.45, 2.75) is 36.7 Å². The molecule has 0 spiro atoms. The first-order valence-corrected chi connectivity index (χ1v) is 8.06. The third-order valence-corrected chi connectivity index (χ3v) is 5.12. The minimum Gasteiger partial charge on any atom is -0.380 e. The Labute approximate surface area is 122 Å². The van der Waals surface area contributed by atoms with Gasteiger partial charge in [-0.15, -0.1) is 0 Å². The number of sulfonamides is 1. The van der Waals surface area contributed by atoms with Crippen molar-refractivity contribution < 1.29 is 21.9 Å². The van der Waals surface area contributed by atoms with Crippen LogP contribution in [0.3, 0.4) is 0 Å². The quantitative estimate of drug-likeness (QED) is 0.875. The van der Waals surface area contributed by atoms with Crippen molar-refractivity contribution in [3.63, 3.8) is 0 Å². The largest absolute Gasteiger partial charge is 0.380 e. The Morgan fingerprint density at radius 2 is 2.14 bits per heavy atom. The smallest absolute Gasteiger partial charge is 0.244 e. The van der Waals surface area contributed by atoms with Crippen molar-refractivity contribution in [1.29, 1.82) is 0 Å². The Hall–Kier alpha value is -1.09. The normalized spacial score (nSPS) is 23.2. The summed E-state index contributed by atoms with van der Waals surface area (Å²) >= 11 is 0. The molecular weight excluding hydrogens is 302 g/mol. The summed E-state index contributed by atoms with van der Waals surface area (Å²) in [6.45, 7) is 2.05. The minimum absolute atomic E-state index is 0.207. The molecule has 0 bridgehead atoms. The lowest BCUT2D eigenvalue weighted by Crippen LogP contribution is -2.51. The number of ether oxygens (including phenoxy) is 1. The molecular formula is C13H18F2N2O3S. The third kappa shape index (κ3) is 3.39. The highest BCUT2D eigenvalue weighted by molar-refractivity contribution is 7.89. The summed E-state index contributed by atoms with van der Waals surface area (Å²) in [4.78, 5) is -0.601. The molecule has 2 rings (SSSR count). The standard InChI is InChI=1S/C13H18F2N2O3S/c1-13(5-2-6-20-8-13)17-21(18,19)11-4-3-10(14)9(7-16)12(11)15/h3-4,17H,2,5-8,16H2,1H3. The molecule has 0 aromatic heterocycles. The number of hydrogen-bond donors (Lipinski definition) is 2. The highest BCUT2D eigenvalue weighted by atomic mass is 32.2. The third-order valence-electron chi connectivity index (χ3n) is 3.46. The molecule has 118 valence electrons. The molecule has 1 saturated heterocycles. The lowest BCUT2D eigenvalue weighted by Gasteiger charge is -2.33. The average molecular weight is 320 g/mol. The zero-order chi connectivity index (χ0) is 15.7. The van der Waals surface area contributed by atoms with Crippen LogP contribution in [0.1, 0.15) is 25.3 Å². The van der Waals surface area contributed by atoms with Crippen LogP contribution in [-0.4, -0.2) is 27.2 Å². The Kier molecular flexibility index (Phi) is 4.62. The Morgan fingerprint density at radius 3 is 2.71 bits per heavy atom. The topological polar surface area (TPSA) is 81.4 Å². The summed E-state index contributed by atoms with van der Waals surface area (Å²) in [5, 5.41) is 0. The van der Waals surface area contributed by atoms with Gasteiger partial charge in [0.2, 0.25) is 10.0 Å². The lowest BCUT2D eigenvalue weighted by molar-refractivity contribution is 0.0386. The molecule has 1 unspecified atom stereocenters. The molecule has 5 nitrogen and oxygen atoms in total. The highest BCUT2D eigenvalue weighted by Crippen LogP contribution is 2.25. The summed E-state index contributed by atoms with van der Waals surface area (Å²) in [6, 6.07) is 1.80. The Bertz CT molecular complexity index is 629. The molecule has 0 radical (unpaired) electrons. The summed E-state index contributed by atoms with van der Waals surface area (Å²) in [7, 11) is -4.13. The van der Waals surface area contributed by atoms with Gasteiger partial charge in [-0.25, -0.2) is 21.9 Å². The fourth-order valence-electron chi connectivity index (χ4n) is 2.36. The van der Waals surface area contributed by atoms with Crippen LogP contribution in [-0.2, 0) is 21.3 Å². The van der Waals surface area contributed by atoms with Crippen molar-refractivity contribution >= 4 is 10.0 Å². The van der Waals surface area contributed by atoms with E-state index in [1.54, 1.807) is 6.92 Å². The molecule has 21 heavy (non-hydrogen) atoms. The number of hydrogen-bond acceptors (Lipinski definition) is 4. The van der Waals surface area contributed by atoms with E-state index in [1.807, 2.05) is 0 Å². The number of halogens is 2. The van der Waals surface area contributed by atoms with E-state index in [1.165, 1.54) is 0 Å².